The van der Waals surface area contributed by atoms with Crippen LogP contribution in [0.1, 0.15) is 10.4 Å². The number of carboxylic acid groups (broad SMARTS) is 1. The predicted molar refractivity (Wildman–Crippen MR) is 81.8 cm³/mol. The summed E-state index contributed by atoms with van der Waals surface area (Å²) in [5.74, 6) is -2.66. The Bertz CT molecular complexity index is 1020. The molecule has 118 valence electrons. The van der Waals surface area contributed by atoms with E-state index in [-0.39, 0.29) is 5.52 Å². The lowest BCUT2D eigenvalue weighted by atomic mass is 10.2. The molecule has 3 aromatic rings. The van der Waals surface area contributed by atoms with Crippen molar-refractivity contribution in [3.05, 3.63) is 46.2 Å². The molecule has 0 bridgehead atoms. The Balaban J connectivity index is 2.29. The second-order valence-electron chi connectivity index (χ2n) is 5.03. The molecule has 0 radical (unpaired) electrons. The monoisotopic (exact) mass is 315 g/mol. The van der Waals surface area contributed by atoms with Crippen LogP contribution >= 0.6 is 0 Å². The molecule has 8 heteroatoms. The number of benzene rings is 1. The summed E-state index contributed by atoms with van der Waals surface area (Å²) >= 11 is 0. The number of amides is 1. The van der Waals surface area contributed by atoms with Gasteiger partial charge in [0.2, 0.25) is 0 Å². The van der Waals surface area contributed by atoms with Gasteiger partial charge in [0.15, 0.2) is 5.75 Å². The number of carbonyl (C=O) groups is 2. The van der Waals surface area contributed by atoms with Crippen LogP contribution in [0.4, 0.5) is 0 Å². The average molecular weight is 315 g/mol. The molecule has 2 aromatic heterocycles. The summed E-state index contributed by atoms with van der Waals surface area (Å²) in [7, 11) is 1.47. The van der Waals surface area contributed by atoms with Gasteiger partial charge in [-0.3, -0.25) is 14.4 Å². The molecule has 0 aliphatic carbocycles. The molecule has 8 nitrogen and oxygen atoms in total. The number of hydrogen-bond donors (Lipinski definition) is 3. The quantitative estimate of drug-likeness (QED) is 0.644. The summed E-state index contributed by atoms with van der Waals surface area (Å²) in [4.78, 5) is 35.0. The lowest BCUT2D eigenvalue weighted by Gasteiger charge is -2.11. The van der Waals surface area contributed by atoms with Gasteiger partial charge in [0.25, 0.3) is 11.5 Å². The number of hydrogen-bond acceptors (Lipinski definition) is 4. The standard InChI is InChI=1S/C15H13N3O5/c1-17-15(23)12(14(22)16-7-11(19)20)13(21)10-6-8-4-2-3-5-9(8)18(10)17/h2-6,21H,7H2,1H3,(H,16,22)(H,19,20). The van der Waals surface area contributed by atoms with Crippen LogP contribution in [0, 0.1) is 0 Å². The van der Waals surface area contributed by atoms with E-state index in [2.05, 4.69) is 5.32 Å². The van der Waals surface area contributed by atoms with Crippen LogP contribution in [0.3, 0.4) is 0 Å². The minimum Gasteiger partial charge on any atom is -0.505 e. The fraction of sp³-hybridized carbons (Fsp3) is 0.133. The predicted octanol–water partition coefficient (Wildman–Crippen LogP) is 0.311. The minimum absolute atomic E-state index is 0.286. The fourth-order valence-corrected chi connectivity index (χ4v) is 2.56. The fourth-order valence-electron chi connectivity index (χ4n) is 2.56. The van der Waals surface area contributed by atoms with Crippen LogP contribution in [0.2, 0.25) is 0 Å². The van der Waals surface area contributed by atoms with E-state index in [1.54, 1.807) is 18.2 Å². The van der Waals surface area contributed by atoms with E-state index in [1.807, 2.05) is 12.1 Å². The number of nitrogens with zero attached hydrogens (tertiary/aromatic N) is 2. The van der Waals surface area contributed by atoms with Crippen LogP contribution in [0.15, 0.2) is 35.1 Å². The maximum absolute atomic E-state index is 12.4. The maximum atomic E-state index is 12.4. The number of para-hydroxylation sites is 1. The summed E-state index contributed by atoms with van der Waals surface area (Å²) in [6, 6.07) is 8.86. The molecule has 3 rings (SSSR count). The molecule has 2 heterocycles. The van der Waals surface area contributed by atoms with E-state index >= 15 is 0 Å². The molecule has 0 fully saturated rings. The largest absolute Gasteiger partial charge is 0.505 e. The number of carbonyl (C=O) groups excluding carboxylic acids is 1. The molecule has 23 heavy (non-hydrogen) atoms. The highest BCUT2D eigenvalue weighted by Gasteiger charge is 2.22. The van der Waals surface area contributed by atoms with Crippen molar-refractivity contribution in [2.75, 3.05) is 6.54 Å². The molecule has 0 saturated heterocycles. The molecule has 1 aromatic carbocycles. The molecule has 0 spiro atoms. The topological polar surface area (TPSA) is 113 Å². The SMILES string of the molecule is Cn1c(=O)c(C(=O)NCC(=O)O)c(O)c2cc3ccccc3n21. The van der Waals surface area contributed by atoms with E-state index in [4.69, 9.17) is 5.11 Å². The van der Waals surface area contributed by atoms with Gasteiger partial charge in [0.1, 0.15) is 17.6 Å². The first-order chi connectivity index (χ1) is 10.9. The molecule has 0 saturated carbocycles. The van der Waals surface area contributed by atoms with Crippen molar-refractivity contribution in [3.63, 3.8) is 0 Å². The zero-order chi connectivity index (χ0) is 16.7. The van der Waals surface area contributed by atoms with E-state index < -0.39 is 35.3 Å². The minimum atomic E-state index is -1.25. The van der Waals surface area contributed by atoms with Crippen molar-refractivity contribution in [2.45, 2.75) is 0 Å². The van der Waals surface area contributed by atoms with Gasteiger partial charge in [0.05, 0.1) is 5.52 Å². The van der Waals surface area contributed by atoms with Gasteiger partial charge < -0.3 is 15.5 Å². The average Bonchev–Trinajstić information content (AvgIpc) is 2.91. The second-order valence-corrected chi connectivity index (χ2v) is 5.03. The van der Waals surface area contributed by atoms with Gasteiger partial charge in [-0.1, -0.05) is 18.2 Å². The molecular formula is C15H13N3O5. The summed E-state index contributed by atoms with van der Waals surface area (Å²) in [6.07, 6.45) is 0. The molecular weight excluding hydrogens is 302 g/mol. The van der Waals surface area contributed by atoms with Crippen molar-refractivity contribution >= 4 is 28.3 Å². The highest BCUT2D eigenvalue weighted by Crippen LogP contribution is 2.27. The van der Waals surface area contributed by atoms with Crippen molar-refractivity contribution < 1.29 is 19.8 Å². The number of aromatic nitrogens is 2. The summed E-state index contributed by atoms with van der Waals surface area (Å²) < 4.78 is 2.70. The van der Waals surface area contributed by atoms with E-state index in [9.17, 15) is 19.5 Å². The highest BCUT2D eigenvalue weighted by atomic mass is 16.4. The smallest absolute Gasteiger partial charge is 0.322 e. The third-order valence-corrected chi connectivity index (χ3v) is 3.60. The van der Waals surface area contributed by atoms with Crippen LogP contribution in [-0.2, 0) is 11.8 Å². The third-order valence-electron chi connectivity index (χ3n) is 3.60. The maximum Gasteiger partial charge on any atom is 0.322 e. The van der Waals surface area contributed by atoms with Crippen LogP contribution in [-0.4, -0.2) is 37.8 Å². The molecule has 0 unspecified atom stereocenters. The Hall–Kier alpha value is -3.29. The number of fused-ring (bicyclic) bond motifs is 3. The molecule has 0 aliphatic heterocycles. The van der Waals surface area contributed by atoms with Crippen LogP contribution in [0.5, 0.6) is 5.75 Å². The highest BCUT2D eigenvalue weighted by molar-refractivity contribution is 6.01. The van der Waals surface area contributed by atoms with E-state index in [1.165, 1.54) is 16.2 Å². The first kappa shape index (κ1) is 14.6. The number of aryl methyl sites for hydroxylation is 1. The number of carboxylic acids is 1. The first-order valence-electron chi connectivity index (χ1n) is 6.74. The van der Waals surface area contributed by atoms with E-state index in [0.29, 0.717) is 5.52 Å². The normalized spacial score (nSPS) is 11.0. The number of rotatable bonds is 3. The second kappa shape index (κ2) is 5.16. The zero-order valence-electron chi connectivity index (χ0n) is 12.1. The molecule has 0 atom stereocenters. The van der Waals surface area contributed by atoms with Gasteiger partial charge in [-0.15, -0.1) is 0 Å². The summed E-state index contributed by atoms with van der Waals surface area (Å²) in [5.41, 5.74) is -0.216. The third kappa shape index (κ3) is 2.20. The lowest BCUT2D eigenvalue weighted by Crippen LogP contribution is -2.36. The van der Waals surface area contributed by atoms with Crippen molar-refractivity contribution in [1.29, 1.82) is 0 Å². The summed E-state index contributed by atoms with van der Waals surface area (Å²) in [5, 5.41) is 21.8. The van der Waals surface area contributed by atoms with Gasteiger partial charge in [-0.05, 0) is 12.1 Å². The Morgan fingerprint density at radius 2 is 1.91 bits per heavy atom. The van der Waals surface area contributed by atoms with Crippen molar-refractivity contribution in [2.24, 2.45) is 7.05 Å². The number of aliphatic carboxylic acids is 1. The van der Waals surface area contributed by atoms with Gasteiger partial charge in [-0.2, -0.15) is 0 Å². The van der Waals surface area contributed by atoms with Crippen molar-refractivity contribution in [3.8, 4) is 5.75 Å². The Morgan fingerprint density at radius 1 is 1.22 bits per heavy atom. The zero-order valence-corrected chi connectivity index (χ0v) is 12.1. The first-order valence-corrected chi connectivity index (χ1v) is 6.74. The van der Waals surface area contributed by atoms with Crippen LogP contribution in [0.25, 0.3) is 16.4 Å². The van der Waals surface area contributed by atoms with Gasteiger partial charge in [-0.25, -0.2) is 9.20 Å². The van der Waals surface area contributed by atoms with Gasteiger partial charge >= 0.3 is 5.97 Å². The van der Waals surface area contributed by atoms with Crippen molar-refractivity contribution in [1.82, 2.24) is 14.5 Å². The lowest BCUT2D eigenvalue weighted by molar-refractivity contribution is -0.135. The van der Waals surface area contributed by atoms with E-state index in [0.717, 1.165) is 5.39 Å². The summed E-state index contributed by atoms with van der Waals surface area (Å²) in [6.45, 7) is -0.643. The van der Waals surface area contributed by atoms with Crippen LogP contribution < -0.4 is 10.9 Å². The number of aromatic hydroxyl groups is 1. The molecule has 3 N–H and O–H groups in total. The number of nitrogens with one attached hydrogen (secondary N) is 1. The Morgan fingerprint density at radius 3 is 2.61 bits per heavy atom. The Kier molecular flexibility index (Phi) is 3.29. The Labute approximate surface area is 129 Å². The molecule has 0 aliphatic rings. The molecule has 1 amide bonds. The van der Waals surface area contributed by atoms with Gasteiger partial charge in [0, 0.05) is 12.4 Å².